The number of anilines is 1. The van der Waals surface area contributed by atoms with Gasteiger partial charge in [-0.2, -0.15) is 0 Å². The largest absolute Gasteiger partial charge is 0.375 e. The van der Waals surface area contributed by atoms with E-state index in [1.807, 2.05) is 17.5 Å². The van der Waals surface area contributed by atoms with Gasteiger partial charge in [-0.1, -0.05) is 31.2 Å². The lowest BCUT2D eigenvalue weighted by molar-refractivity contribution is -0.136. The summed E-state index contributed by atoms with van der Waals surface area (Å²) in [6.07, 6.45) is 2.01. The van der Waals surface area contributed by atoms with Crippen LogP contribution in [0.25, 0.3) is 0 Å². The van der Waals surface area contributed by atoms with Gasteiger partial charge < -0.3 is 5.11 Å². The van der Waals surface area contributed by atoms with E-state index in [4.69, 9.17) is 0 Å². The number of para-hydroxylation sites is 1. The van der Waals surface area contributed by atoms with Crippen molar-refractivity contribution in [2.24, 2.45) is 5.92 Å². The Bertz CT molecular complexity index is 843. The number of hydrogen-bond donors (Lipinski definition) is 1. The summed E-state index contributed by atoms with van der Waals surface area (Å²) in [5.41, 5.74) is -0.548. The molecule has 3 heterocycles. The predicted octanol–water partition coefficient (Wildman–Crippen LogP) is 3.24. The summed E-state index contributed by atoms with van der Waals surface area (Å²) in [7, 11) is 0. The van der Waals surface area contributed by atoms with Crippen LogP contribution in [0.3, 0.4) is 0 Å². The van der Waals surface area contributed by atoms with Gasteiger partial charge in [0.2, 0.25) is 0 Å². The number of thiophene rings is 1. The highest BCUT2D eigenvalue weighted by molar-refractivity contribution is 7.12. The van der Waals surface area contributed by atoms with Gasteiger partial charge in [-0.25, -0.2) is 0 Å². The average Bonchev–Trinajstić information content (AvgIpc) is 3.27. The van der Waals surface area contributed by atoms with Crippen molar-refractivity contribution >= 4 is 28.7 Å². The van der Waals surface area contributed by atoms with E-state index in [9.17, 15) is 14.7 Å². The second-order valence-corrected chi connectivity index (χ2v) is 8.58. The quantitative estimate of drug-likeness (QED) is 0.804. The second-order valence-electron chi connectivity index (χ2n) is 7.63. The molecule has 5 nitrogen and oxygen atoms in total. The fraction of sp³-hybridized carbons (Fsp3) is 0.429. The third-order valence-corrected chi connectivity index (χ3v) is 6.58. The first kappa shape index (κ1) is 18.3. The van der Waals surface area contributed by atoms with Gasteiger partial charge in [-0.05, 0) is 36.3 Å². The number of ketones is 1. The molecule has 0 radical (unpaired) electrons. The summed E-state index contributed by atoms with van der Waals surface area (Å²) in [4.78, 5) is 30.3. The van der Waals surface area contributed by atoms with E-state index >= 15 is 0 Å². The van der Waals surface area contributed by atoms with Gasteiger partial charge in [0, 0.05) is 18.7 Å². The predicted molar refractivity (Wildman–Crippen MR) is 106 cm³/mol. The number of piperidine rings is 1. The minimum Gasteiger partial charge on any atom is -0.375 e. The van der Waals surface area contributed by atoms with Crippen LogP contribution >= 0.6 is 11.3 Å². The standard InChI is InChI=1S/C21H24N2O3S/c1-15-8-10-22(11-9-15)14-23-17-6-3-2-5-16(17)21(26,20(23)25)13-18(24)19-7-4-12-27-19/h2-7,12,15,26H,8-11,13-14H2,1H3. The Morgan fingerprint density at radius 3 is 2.67 bits per heavy atom. The Labute approximate surface area is 163 Å². The van der Waals surface area contributed by atoms with Gasteiger partial charge in [-0.3, -0.25) is 19.4 Å². The molecule has 2 aliphatic heterocycles. The van der Waals surface area contributed by atoms with E-state index in [1.54, 1.807) is 29.2 Å². The molecule has 1 aromatic carbocycles. The van der Waals surface area contributed by atoms with Crippen molar-refractivity contribution in [2.75, 3.05) is 24.7 Å². The van der Waals surface area contributed by atoms with E-state index < -0.39 is 11.5 Å². The molecule has 1 fully saturated rings. The molecule has 2 aromatic rings. The third kappa shape index (κ3) is 3.33. The Balaban J connectivity index is 1.60. The van der Waals surface area contributed by atoms with Crippen LogP contribution < -0.4 is 4.90 Å². The maximum Gasteiger partial charge on any atom is 0.265 e. The lowest BCUT2D eigenvalue weighted by atomic mass is 9.89. The first-order chi connectivity index (χ1) is 13.0. The minimum atomic E-state index is -1.79. The molecule has 1 amide bonds. The van der Waals surface area contributed by atoms with Gasteiger partial charge in [-0.15, -0.1) is 11.3 Å². The fourth-order valence-corrected chi connectivity index (χ4v) is 4.64. The van der Waals surface area contributed by atoms with Crippen molar-refractivity contribution < 1.29 is 14.7 Å². The zero-order valence-corrected chi connectivity index (χ0v) is 16.2. The molecule has 1 atom stereocenters. The van der Waals surface area contributed by atoms with Crippen LogP contribution in [-0.4, -0.2) is 41.5 Å². The monoisotopic (exact) mass is 384 g/mol. The summed E-state index contributed by atoms with van der Waals surface area (Å²) in [6.45, 7) is 4.60. The SMILES string of the molecule is CC1CCN(CN2C(=O)C(O)(CC(=O)c3cccs3)c3ccccc32)CC1. The molecule has 1 unspecified atom stereocenters. The van der Waals surface area contributed by atoms with Crippen LogP contribution in [0.5, 0.6) is 0 Å². The Hall–Kier alpha value is -2.02. The van der Waals surface area contributed by atoms with E-state index in [-0.39, 0.29) is 12.2 Å². The molecule has 0 aliphatic carbocycles. The van der Waals surface area contributed by atoms with Gasteiger partial charge >= 0.3 is 0 Å². The van der Waals surface area contributed by atoms with Crippen molar-refractivity contribution in [3.05, 3.63) is 52.2 Å². The molecule has 1 aromatic heterocycles. The lowest BCUT2D eigenvalue weighted by Crippen LogP contribution is -2.48. The Morgan fingerprint density at radius 2 is 1.96 bits per heavy atom. The molecular formula is C21H24N2O3S. The summed E-state index contributed by atoms with van der Waals surface area (Å²) in [5, 5.41) is 13.1. The molecule has 1 N–H and O–H groups in total. The number of rotatable bonds is 5. The molecule has 0 saturated carbocycles. The number of nitrogens with zero attached hydrogens (tertiary/aromatic N) is 2. The van der Waals surface area contributed by atoms with Crippen LogP contribution in [0.4, 0.5) is 5.69 Å². The van der Waals surface area contributed by atoms with Crippen molar-refractivity contribution in [1.29, 1.82) is 0 Å². The van der Waals surface area contributed by atoms with Crippen molar-refractivity contribution in [3.63, 3.8) is 0 Å². The van der Waals surface area contributed by atoms with E-state index in [0.717, 1.165) is 25.9 Å². The lowest BCUT2D eigenvalue weighted by Gasteiger charge is -2.34. The molecule has 0 bridgehead atoms. The normalized spacial score (nSPS) is 23.6. The topological polar surface area (TPSA) is 60.9 Å². The molecule has 6 heteroatoms. The number of benzene rings is 1. The summed E-state index contributed by atoms with van der Waals surface area (Å²) < 4.78 is 0. The third-order valence-electron chi connectivity index (χ3n) is 5.67. The number of carbonyl (C=O) groups excluding carboxylic acids is 2. The second kappa shape index (κ2) is 7.19. The van der Waals surface area contributed by atoms with Crippen LogP contribution in [-0.2, 0) is 10.4 Å². The number of hydrogen-bond acceptors (Lipinski definition) is 5. The molecule has 0 spiro atoms. The maximum absolute atomic E-state index is 13.2. The zero-order chi connectivity index (χ0) is 19.0. The van der Waals surface area contributed by atoms with Crippen LogP contribution in [0.1, 0.15) is 41.4 Å². The van der Waals surface area contributed by atoms with Gasteiger partial charge in [0.15, 0.2) is 11.4 Å². The molecule has 142 valence electrons. The summed E-state index contributed by atoms with van der Waals surface area (Å²) >= 11 is 1.33. The maximum atomic E-state index is 13.2. The molecule has 4 rings (SSSR count). The first-order valence-corrected chi connectivity index (χ1v) is 10.3. The van der Waals surface area contributed by atoms with Crippen LogP contribution in [0.2, 0.25) is 0 Å². The minimum absolute atomic E-state index is 0.204. The molecular weight excluding hydrogens is 360 g/mol. The molecule has 27 heavy (non-hydrogen) atoms. The highest BCUT2D eigenvalue weighted by atomic mass is 32.1. The Kier molecular flexibility index (Phi) is 4.88. The zero-order valence-electron chi connectivity index (χ0n) is 15.4. The number of carbonyl (C=O) groups is 2. The van der Waals surface area contributed by atoms with Crippen molar-refractivity contribution in [2.45, 2.75) is 31.8 Å². The first-order valence-electron chi connectivity index (χ1n) is 9.42. The van der Waals surface area contributed by atoms with Crippen molar-refractivity contribution in [1.82, 2.24) is 4.90 Å². The van der Waals surface area contributed by atoms with E-state index in [2.05, 4.69) is 11.8 Å². The van der Waals surface area contributed by atoms with E-state index in [0.29, 0.717) is 28.7 Å². The summed E-state index contributed by atoms with van der Waals surface area (Å²) in [5.74, 6) is 0.111. The van der Waals surface area contributed by atoms with Crippen LogP contribution in [0, 0.1) is 5.92 Å². The molecule has 1 saturated heterocycles. The van der Waals surface area contributed by atoms with Crippen LogP contribution in [0.15, 0.2) is 41.8 Å². The summed E-state index contributed by atoms with van der Waals surface area (Å²) in [6, 6.07) is 10.8. The number of likely N-dealkylation sites (tertiary alicyclic amines) is 1. The average molecular weight is 385 g/mol. The smallest absolute Gasteiger partial charge is 0.265 e. The van der Waals surface area contributed by atoms with Crippen molar-refractivity contribution in [3.8, 4) is 0 Å². The molecule has 2 aliphatic rings. The number of Topliss-reactive ketones (excluding diaryl/α,β-unsaturated/α-hetero) is 1. The highest BCUT2D eigenvalue weighted by Crippen LogP contribution is 2.43. The highest BCUT2D eigenvalue weighted by Gasteiger charge is 2.51. The number of fused-ring (bicyclic) bond motifs is 1. The Morgan fingerprint density at radius 1 is 1.22 bits per heavy atom. The van der Waals surface area contributed by atoms with Gasteiger partial charge in [0.1, 0.15) is 0 Å². The fourth-order valence-electron chi connectivity index (χ4n) is 3.98. The van der Waals surface area contributed by atoms with Gasteiger partial charge in [0.05, 0.1) is 23.7 Å². The number of aliphatic hydroxyl groups is 1. The van der Waals surface area contributed by atoms with Gasteiger partial charge in [0.25, 0.3) is 5.91 Å². The number of amides is 1. The van der Waals surface area contributed by atoms with E-state index in [1.165, 1.54) is 11.3 Å².